The average Bonchev–Trinajstić information content (AvgIpc) is 2.56. The summed E-state index contributed by atoms with van der Waals surface area (Å²) in [6.07, 6.45) is 1.68. The third-order valence-corrected chi connectivity index (χ3v) is 2.21. The van der Waals surface area contributed by atoms with E-state index in [1.807, 2.05) is 6.07 Å². The lowest BCUT2D eigenvalue weighted by Gasteiger charge is -1.95. The standard InChI is InChI=1S/C8H6N2OS/c11-7-3-1-2-6(4-7)8-5-9-10-12-8/h1-5,11H. The number of aromatic hydroxyl groups is 1. The van der Waals surface area contributed by atoms with Crippen molar-refractivity contribution in [2.75, 3.05) is 0 Å². The molecule has 1 heterocycles. The van der Waals surface area contributed by atoms with Gasteiger partial charge in [0.15, 0.2) is 0 Å². The molecule has 1 N–H and O–H groups in total. The highest BCUT2D eigenvalue weighted by Crippen LogP contribution is 2.24. The van der Waals surface area contributed by atoms with Crippen LogP contribution in [0.25, 0.3) is 10.4 Å². The normalized spacial score (nSPS) is 10.0. The number of phenols is 1. The molecule has 2 aromatic rings. The quantitative estimate of drug-likeness (QED) is 0.725. The molecule has 3 nitrogen and oxygen atoms in total. The van der Waals surface area contributed by atoms with Crippen molar-refractivity contribution in [3.8, 4) is 16.2 Å². The highest BCUT2D eigenvalue weighted by molar-refractivity contribution is 7.09. The van der Waals surface area contributed by atoms with Crippen LogP contribution in [0.15, 0.2) is 30.5 Å². The third-order valence-electron chi connectivity index (χ3n) is 1.49. The second-order valence-electron chi connectivity index (χ2n) is 2.33. The van der Waals surface area contributed by atoms with E-state index in [2.05, 4.69) is 9.59 Å². The number of benzene rings is 1. The molecule has 0 saturated carbocycles. The predicted molar refractivity (Wildman–Crippen MR) is 47.0 cm³/mol. The van der Waals surface area contributed by atoms with E-state index in [4.69, 9.17) is 0 Å². The predicted octanol–water partition coefficient (Wildman–Crippen LogP) is 1.91. The fraction of sp³-hybridized carbons (Fsp3) is 0. The Bertz CT molecular complexity index is 372. The lowest BCUT2D eigenvalue weighted by Crippen LogP contribution is -1.70. The van der Waals surface area contributed by atoms with Gasteiger partial charge in [0, 0.05) is 0 Å². The molecule has 0 radical (unpaired) electrons. The summed E-state index contributed by atoms with van der Waals surface area (Å²) in [5.41, 5.74) is 0.949. The summed E-state index contributed by atoms with van der Waals surface area (Å²) >= 11 is 1.31. The summed E-state index contributed by atoms with van der Waals surface area (Å²) in [5, 5.41) is 12.9. The molecule has 0 aliphatic heterocycles. The number of hydrogen-bond acceptors (Lipinski definition) is 4. The van der Waals surface area contributed by atoms with Gasteiger partial charge in [0.05, 0.1) is 11.1 Å². The number of nitrogens with zero attached hydrogens (tertiary/aromatic N) is 2. The van der Waals surface area contributed by atoms with E-state index in [0.29, 0.717) is 0 Å². The van der Waals surface area contributed by atoms with Gasteiger partial charge >= 0.3 is 0 Å². The monoisotopic (exact) mass is 178 g/mol. The second-order valence-corrected chi connectivity index (χ2v) is 3.12. The molecule has 0 bridgehead atoms. The van der Waals surface area contributed by atoms with Gasteiger partial charge in [-0.2, -0.15) is 0 Å². The van der Waals surface area contributed by atoms with E-state index < -0.39 is 0 Å². The minimum absolute atomic E-state index is 0.265. The molecule has 2 rings (SSSR count). The molecule has 4 heteroatoms. The summed E-state index contributed by atoms with van der Waals surface area (Å²) in [5.74, 6) is 0.265. The van der Waals surface area contributed by atoms with Crippen LogP contribution in [0.4, 0.5) is 0 Å². The molecule has 0 spiro atoms. The van der Waals surface area contributed by atoms with Crippen molar-refractivity contribution < 1.29 is 5.11 Å². The van der Waals surface area contributed by atoms with Crippen LogP contribution >= 0.6 is 11.5 Å². The molecule has 0 fully saturated rings. The van der Waals surface area contributed by atoms with Gasteiger partial charge in [-0.15, -0.1) is 5.10 Å². The first kappa shape index (κ1) is 7.24. The summed E-state index contributed by atoms with van der Waals surface area (Å²) in [6, 6.07) is 7.03. The van der Waals surface area contributed by atoms with Crippen molar-refractivity contribution in [2.24, 2.45) is 0 Å². The van der Waals surface area contributed by atoms with Gasteiger partial charge in [0.25, 0.3) is 0 Å². The molecule has 12 heavy (non-hydrogen) atoms. The Kier molecular flexibility index (Phi) is 1.75. The van der Waals surface area contributed by atoms with E-state index in [-0.39, 0.29) is 5.75 Å². The van der Waals surface area contributed by atoms with Crippen LogP contribution in [0.2, 0.25) is 0 Å². The molecule has 0 aliphatic rings. The first-order chi connectivity index (χ1) is 5.86. The fourth-order valence-electron chi connectivity index (χ4n) is 0.954. The molecule has 0 atom stereocenters. The molecule has 60 valence electrons. The summed E-state index contributed by atoms with van der Waals surface area (Å²) in [7, 11) is 0. The lowest BCUT2D eigenvalue weighted by atomic mass is 10.2. The molecule has 1 aromatic carbocycles. The number of rotatable bonds is 1. The van der Waals surface area contributed by atoms with Crippen molar-refractivity contribution in [3.63, 3.8) is 0 Å². The van der Waals surface area contributed by atoms with Crippen molar-refractivity contribution in [1.29, 1.82) is 0 Å². The minimum atomic E-state index is 0.265. The maximum absolute atomic E-state index is 9.18. The fourth-order valence-corrected chi connectivity index (χ4v) is 1.46. The zero-order valence-corrected chi connectivity index (χ0v) is 6.95. The number of phenolic OH excluding ortho intramolecular Hbond substituents is 1. The first-order valence-corrected chi connectivity index (χ1v) is 4.20. The SMILES string of the molecule is Oc1cccc(-c2cnns2)c1. The number of hydrogen-bond donors (Lipinski definition) is 1. The van der Waals surface area contributed by atoms with Gasteiger partial charge in [0.1, 0.15) is 5.75 Å². The van der Waals surface area contributed by atoms with E-state index in [0.717, 1.165) is 10.4 Å². The molecular weight excluding hydrogens is 172 g/mol. The van der Waals surface area contributed by atoms with Gasteiger partial charge < -0.3 is 5.11 Å². The Morgan fingerprint density at radius 2 is 2.25 bits per heavy atom. The zero-order chi connectivity index (χ0) is 8.39. The largest absolute Gasteiger partial charge is 0.508 e. The van der Waals surface area contributed by atoms with Gasteiger partial charge in [0.2, 0.25) is 0 Å². The Morgan fingerprint density at radius 1 is 1.33 bits per heavy atom. The molecule has 1 aromatic heterocycles. The highest BCUT2D eigenvalue weighted by Gasteiger charge is 1.99. The molecule has 0 amide bonds. The van der Waals surface area contributed by atoms with Crippen LogP contribution in [0, 0.1) is 0 Å². The van der Waals surface area contributed by atoms with Gasteiger partial charge in [-0.1, -0.05) is 16.6 Å². The average molecular weight is 178 g/mol. The molecule has 0 unspecified atom stereocenters. The van der Waals surface area contributed by atoms with Crippen molar-refractivity contribution >= 4 is 11.5 Å². The van der Waals surface area contributed by atoms with Crippen molar-refractivity contribution in [3.05, 3.63) is 30.5 Å². The lowest BCUT2D eigenvalue weighted by molar-refractivity contribution is 0.475. The highest BCUT2D eigenvalue weighted by atomic mass is 32.1. The smallest absolute Gasteiger partial charge is 0.116 e. The van der Waals surface area contributed by atoms with E-state index in [1.54, 1.807) is 24.4 Å². The molecular formula is C8H6N2OS. The van der Waals surface area contributed by atoms with Gasteiger partial charge in [-0.3, -0.25) is 0 Å². The maximum atomic E-state index is 9.18. The molecule has 0 aliphatic carbocycles. The first-order valence-electron chi connectivity index (χ1n) is 3.43. The molecule has 0 saturated heterocycles. The maximum Gasteiger partial charge on any atom is 0.116 e. The van der Waals surface area contributed by atoms with Crippen LogP contribution in [-0.2, 0) is 0 Å². The van der Waals surface area contributed by atoms with Gasteiger partial charge in [-0.05, 0) is 29.2 Å². The van der Waals surface area contributed by atoms with E-state index in [1.165, 1.54) is 11.5 Å². The van der Waals surface area contributed by atoms with Crippen LogP contribution in [-0.4, -0.2) is 14.7 Å². The Morgan fingerprint density at radius 3 is 2.92 bits per heavy atom. The Labute approximate surface area is 73.5 Å². The third kappa shape index (κ3) is 1.29. The van der Waals surface area contributed by atoms with Crippen molar-refractivity contribution in [1.82, 2.24) is 9.59 Å². The van der Waals surface area contributed by atoms with Crippen LogP contribution in [0.5, 0.6) is 5.75 Å². The van der Waals surface area contributed by atoms with Crippen LogP contribution in [0.1, 0.15) is 0 Å². The second kappa shape index (κ2) is 2.91. The Hall–Kier alpha value is -1.42. The number of aromatic nitrogens is 2. The van der Waals surface area contributed by atoms with E-state index >= 15 is 0 Å². The zero-order valence-electron chi connectivity index (χ0n) is 6.14. The summed E-state index contributed by atoms with van der Waals surface area (Å²) in [4.78, 5) is 0.964. The topological polar surface area (TPSA) is 46.0 Å². The van der Waals surface area contributed by atoms with Crippen molar-refractivity contribution in [2.45, 2.75) is 0 Å². The van der Waals surface area contributed by atoms with Gasteiger partial charge in [-0.25, -0.2) is 0 Å². The summed E-state index contributed by atoms with van der Waals surface area (Å²) in [6.45, 7) is 0. The van der Waals surface area contributed by atoms with E-state index in [9.17, 15) is 5.11 Å². The van der Waals surface area contributed by atoms with Crippen LogP contribution in [0.3, 0.4) is 0 Å². The Balaban J connectivity index is 2.48. The minimum Gasteiger partial charge on any atom is -0.508 e. The summed E-state index contributed by atoms with van der Waals surface area (Å²) < 4.78 is 3.74. The van der Waals surface area contributed by atoms with Crippen LogP contribution < -0.4 is 0 Å².